The molecule has 1 amide bonds. The molecule has 1 aromatic heterocycles. The molecule has 1 saturated heterocycles. The lowest BCUT2D eigenvalue weighted by molar-refractivity contribution is 0.0681. The van der Waals surface area contributed by atoms with Gasteiger partial charge < -0.3 is 15.6 Å². The normalized spacial score (nSPS) is 16.8. The van der Waals surface area contributed by atoms with E-state index in [0.717, 1.165) is 38.5 Å². The Bertz CT molecular complexity index is 443. The molecule has 1 fully saturated rings. The number of piperidine rings is 1. The highest BCUT2D eigenvalue weighted by molar-refractivity contribution is 5.91. The number of amides is 1. The minimum absolute atomic E-state index is 0.113. The van der Waals surface area contributed by atoms with Crippen LogP contribution in [-0.4, -0.2) is 40.4 Å². The Balaban J connectivity index is 1.95. The zero-order valence-electron chi connectivity index (χ0n) is 10.3. The molecule has 0 aromatic carbocycles. The van der Waals surface area contributed by atoms with Gasteiger partial charge in [0.1, 0.15) is 5.69 Å². The fourth-order valence-electron chi connectivity index (χ4n) is 2.28. The van der Waals surface area contributed by atoms with Crippen molar-refractivity contribution in [3.63, 3.8) is 0 Å². The van der Waals surface area contributed by atoms with E-state index in [4.69, 9.17) is 5.73 Å². The number of carbonyl (C=O) groups is 1. The van der Waals surface area contributed by atoms with Crippen LogP contribution in [0.2, 0.25) is 0 Å². The van der Waals surface area contributed by atoms with E-state index in [1.165, 1.54) is 6.20 Å². The van der Waals surface area contributed by atoms with Gasteiger partial charge in [0, 0.05) is 19.3 Å². The fourth-order valence-corrected chi connectivity index (χ4v) is 2.28. The summed E-state index contributed by atoms with van der Waals surface area (Å²) in [6.07, 6.45) is 5.52. The predicted octanol–water partition coefficient (Wildman–Crippen LogP) is -0.0291. The van der Waals surface area contributed by atoms with E-state index in [1.807, 2.05) is 0 Å². The number of nitrogens with two attached hydrogens (primary N) is 1. The second-order valence-corrected chi connectivity index (χ2v) is 4.61. The Labute approximate surface area is 105 Å². The lowest BCUT2D eigenvalue weighted by Crippen LogP contribution is -2.39. The number of nitrogens with one attached hydrogen (secondary N) is 1. The van der Waals surface area contributed by atoms with E-state index in [1.54, 1.807) is 4.90 Å². The van der Waals surface area contributed by atoms with Crippen LogP contribution in [0.3, 0.4) is 0 Å². The molecular weight excluding hydrogens is 232 g/mol. The van der Waals surface area contributed by atoms with Gasteiger partial charge in [-0.05, 0) is 31.7 Å². The third-order valence-electron chi connectivity index (χ3n) is 3.37. The summed E-state index contributed by atoms with van der Waals surface area (Å²) < 4.78 is 0. The zero-order chi connectivity index (χ0) is 13.0. The molecule has 1 aliphatic heterocycles. The number of carbonyl (C=O) groups excluding carboxylic acids is 1. The lowest BCUT2D eigenvalue weighted by Gasteiger charge is -2.31. The Morgan fingerprint density at radius 1 is 1.50 bits per heavy atom. The lowest BCUT2D eigenvalue weighted by atomic mass is 9.93. The Morgan fingerprint density at radius 2 is 2.22 bits per heavy atom. The molecule has 2 heterocycles. The van der Waals surface area contributed by atoms with Crippen molar-refractivity contribution in [3.8, 4) is 0 Å². The van der Waals surface area contributed by atoms with E-state index in [0.29, 0.717) is 18.2 Å². The molecule has 1 aromatic rings. The van der Waals surface area contributed by atoms with Crippen molar-refractivity contribution in [2.45, 2.75) is 19.3 Å². The van der Waals surface area contributed by atoms with Crippen molar-refractivity contribution >= 4 is 5.91 Å². The molecule has 0 spiro atoms. The first-order chi connectivity index (χ1) is 8.70. The Morgan fingerprint density at radius 3 is 2.78 bits per heavy atom. The van der Waals surface area contributed by atoms with E-state index < -0.39 is 0 Å². The smallest absolute Gasteiger partial charge is 0.273 e. The molecule has 6 nitrogen and oxygen atoms in total. The summed E-state index contributed by atoms with van der Waals surface area (Å²) in [4.78, 5) is 31.1. The van der Waals surface area contributed by atoms with Crippen molar-refractivity contribution in [2.75, 3.05) is 19.6 Å². The monoisotopic (exact) mass is 250 g/mol. The van der Waals surface area contributed by atoms with E-state index in [9.17, 15) is 9.59 Å². The van der Waals surface area contributed by atoms with Gasteiger partial charge in [-0.2, -0.15) is 0 Å². The number of H-pyrrole nitrogens is 1. The van der Waals surface area contributed by atoms with Gasteiger partial charge in [-0.3, -0.25) is 9.59 Å². The third-order valence-corrected chi connectivity index (χ3v) is 3.37. The number of hydrogen-bond acceptors (Lipinski definition) is 4. The summed E-state index contributed by atoms with van der Waals surface area (Å²) in [6.45, 7) is 2.19. The van der Waals surface area contributed by atoms with Crippen LogP contribution in [0.15, 0.2) is 17.2 Å². The van der Waals surface area contributed by atoms with E-state index in [2.05, 4.69) is 9.97 Å². The third kappa shape index (κ3) is 2.95. The highest BCUT2D eigenvalue weighted by atomic mass is 16.2. The molecule has 1 aliphatic rings. The number of aromatic amines is 1. The number of rotatable bonds is 3. The van der Waals surface area contributed by atoms with Crippen molar-refractivity contribution < 1.29 is 4.79 Å². The van der Waals surface area contributed by atoms with Gasteiger partial charge >= 0.3 is 0 Å². The Hall–Kier alpha value is -1.69. The summed E-state index contributed by atoms with van der Waals surface area (Å²) in [6, 6.07) is 0. The summed E-state index contributed by atoms with van der Waals surface area (Å²) in [5.74, 6) is 0.514. The highest BCUT2D eigenvalue weighted by Crippen LogP contribution is 2.20. The van der Waals surface area contributed by atoms with Crippen LogP contribution >= 0.6 is 0 Å². The zero-order valence-corrected chi connectivity index (χ0v) is 10.3. The minimum atomic E-state index is -0.298. The Kier molecular flexibility index (Phi) is 4.09. The second-order valence-electron chi connectivity index (χ2n) is 4.61. The molecular formula is C12H18N4O2. The first kappa shape index (κ1) is 12.8. The van der Waals surface area contributed by atoms with Gasteiger partial charge in [0.15, 0.2) is 0 Å². The first-order valence-electron chi connectivity index (χ1n) is 6.25. The molecule has 0 bridgehead atoms. The molecule has 0 aliphatic carbocycles. The first-order valence-corrected chi connectivity index (χ1v) is 6.25. The topological polar surface area (TPSA) is 92.1 Å². The van der Waals surface area contributed by atoms with Gasteiger partial charge in [-0.25, -0.2) is 4.98 Å². The SMILES string of the molecule is NCCC1CCN(C(=O)c2c[nH]c(=O)cn2)CC1. The van der Waals surface area contributed by atoms with Crippen LogP contribution in [0.25, 0.3) is 0 Å². The van der Waals surface area contributed by atoms with Crippen LogP contribution in [0, 0.1) is 5.92 Å². The molecule has 6 heteroatoms. The number of nitrogens with zero attached hydrogens (tertiary/aromatic N) is 2. The summed E-state index contributed by atoms with van der Waals surface area (Å²) in [5.41, 5.74) is 5.53. The molecule has 18 heavy (non-hydrogen) atoms. The maximum Gasteiger partial charge on any atom is 0.273 e. The van der Waals surface area contributed by atoms with Crippen LogP contribution in [0.4, 0.5) is 0 Å². The van der Waals surface area contributed by atoms with Gasteiger partial charge in [-0.15, -0.1) is 0 Å². The molecule has 0 saturated carbocycles. The quantitative estimate of drug-likeness (QED) is 0.788. The van der Waals surface area contributed by atoms with Gasteiger partial charge in [0.25, 0.3) is 11.5 Å². The molecule has 0 atom stereocenters. The van der Waals surface area contributed by atoms with Crippen LogP contribution < -0.4 is 11.3 Å². The second kappa shape index (κ2) is 5.77. The highest BCUT2D eigenvalue weighted by Gasteiger charge is 2.23. The van der Waals surface area contributed by atoms with Crippen molar-refractivity contribution in [1.82, 2.24) is 14.9 Å². The minimum Gasteiger partial charge on any atom is -0.337 e. The molecule has 0 radical (unpaired) electrons. The number of hydrogen-bond donors (Lipinski definition) is 2. The summed E-state index contributed by atoms with van der Waals surface area (Å²) in [5, 5.41) is 0. The molecule has 0 unspecified atom stereocenters. The van der Waals surface area contributed by atoms with Gasteiger partial charge in [0.05, 0.1) is 6.20 Å². The van der Waals surface area contributed by atoms with Crippen LogP contribution in [0.1, 0.15) is 29.8 Å². The summed E-state index contributed by atoms with van der Waals surface area (Å²) in [7, 11) is 0. The average Bonchev–Trinajstić information content (AvgIpc) is 2.40. The van der Waals surface area contributed by atoms with Crippen molar-refractivity contribution in [1.29, 1.82) is 0 Å². The summed E-state index contributed by atoms with van der Waals surface area (Å²) >= 11 is 0. The van der Waals surface area contributed by atoms with Gasteiger partial charge in [-0.1, -0.05) is 0 Å². The van der Waals surface area contributed by atoms with E-state index >= 15 is 0 Å². The van der Waals surface area contributed by atoms with Crippen LogP contribution in [0.5, 0.6) is 0 Å². The maximum absolute atomic E-state index is 12.1. The predicted molar refractivity (Wildman–Crippen MR) is 67.2 cm³/mol. The van der Waals surface area contributed by atoms with Crippen LogP contribution in [-0.2, 0) is 0 Å². The maximum atomic E-state index is 12.1. The molecule has 2 rings (SSSR count). The molecule has 98 valence electrons. The number of likely N-dealkylation sites (tertiary alicyclic amines) is 1. The van der Waals surface area contributed by atoms with Crippen molar-refractivity contribution in [2.24, 2.45) is 11.7 Å². The number of aromatic nitrogens is 2. The van der Waals surface area contributed by atoms with Crippen molar-refractivity contribution in [3.05, 3.63) is 28.4 Å². The van der Waals surface area contributed by atoms with Gasteiger partial charge in [0.2, 0.25) is 0 Å². The largest absolute Gasteiger partial charge is 0.337 e. The van der Waals surface area contributed by atoms with E-state index in [-0.39, 0.29) is 11.5 Å². The molecule has 3 N–H and O–H groups in total. The fraction of sp³-hybridized carbons (Fsp3) is 0.583. The average molecular weight is 250 g/mol. The standard InChI is InChI=1S/C12H18N4O2/c13-4-1-9-2-5-16(6-3-9)12(18)10-7-15-11(17)8-14-10/h7-9H,1-6,13H2,(H,15,17).